The van der Waals surface area contributed by atoms with Gasteiger partial charge in [0, 0.05) is 6.42 Å². The molecule has 0 aromatic carbocycles. The number of unbranched alkanes of at least 4 members (excludes halogenated alkanes) is 1. The second-order valence-electron chi connectivity index (χ2n) is 4.08. The van der Waals surface area contributed by atoms with E-state index in [2.05, 4.69) is 36.6 Å². The van der Waals surface area contributed by atoms with Crippen molar-refractivity contribution in [3.63, 3.8) is 0 Å². The molecule has 94 valence electrons. The monoisotopic (exact) mass is 225 g/mol. The maximum atomic E-state index is 8.49. The average Bonchev–Trinajstić information content (AvgIpc) is 2.32. The van der Waals surface area contributed by atoms with E-state index in [9.17, 15) is 0 Å². The van der Waals surface area contributed by atoms with Crippen LogP contribution in [0, 0.1) is 11.3 Å². The van der Waals surface area contributed by atoms with Gasteiger partial charge >= 0.3 is 0 Å². The molecule has 0 aliphatic heterocycles. The summed E-state index contributed by atoms with van der Waals surface area (Å²) in [5.41, 5.74) is 0. The Kier molecular flexibility index (Phi) is 10.5. The molecule has 0 N–H and O–H groups in total. The van der Waals surface area contributed by atoms with Crippen LogP contribution in [0.25, 0.3) is 0 Å². The maximum Gasteiger partial charge on any atom is 0.0622 e. The first-order chi connectivity index (χ1) is 7.78. The molecule has 0 saturated heterocycles. The molecule has 0 bridgehead atoms. The molecule has 0 spiro atoms. The first-order valence-electron chi connectivity index (χ1n) is 6.60. The van der Waals surface area contributed by atoms with Gasteiger partial charge in [0.25, 0.3) is 0 Å². The number of hydrogen-bond acceptors (Lipinski definition) is 3. The van der Waals surface area contributed by atoms with Crippen molar-refractivity contribution in [2.24, 2.45) is 0 Å². The van der Waals surface area contributed by atoms with Crippen LogP contribution in [0.15, 0.2) is 0 Å². The lowest BCUT2D eigenvalue weighted by Gasteiger charge is -2.23. The van der Waals surface area contributed by atoms with E-state index in [1.165, 1.54) is 19.5 Å². The third kappa shape index (κ3) is 7.67. The first kappa shape index (κ1) is 15.4. The molecule has 0 heterocycles. The van der Waals surface area contributed by atoms with Crippen LogP contribution >= 0.6 is 0 Å². The maximum absolute atomic E-state index is 8.49. The van der Waals surface area contributed by atoms with E-state index < -0.39 is 0 Å². The van der Waals surface area contributed by atoms with Gasteiger partial charge in [0.15, 0.2) is 0 Å². The highest BCUT2D eigenvalue weighted by Crippen LogP contribution is 1.98. The van der Waals surface area contributed by atoms with Crippen LogP contribution in [-0.2, 0) is 0 Å². The van der Waals surface area contributed by atoms with E-state index in [0.717, 1.165) is 32.6 Å². The van der Waals surface area contributed by atoms with Crippen LogP contribution in [0.1, 0.15) is 40.0 Å². The topological polar surface area (TPSA) is 30.3 Å². The molecule has 0 aliphatic carbocycles. The van der Waals surface area contributed by atoms with Gasteiger partial charge < -0.3 is 9.80 Å². The Bertz CT molecular complexity index is 182. The SMILES string of the molecule is CCN(CC)CCCN(CC)CCCC#N. The van der Waals surface area contributed by atoms with Gasteiger partial charge in [-0.2, -0.15) is 5.26 Å². The molecule has 0 aromatic rings. The van der Waals surface area contributed by atoms with Crippen molar-refractivity contribution in [3.8, 4) is 6.07 Å². The van der Waals surface area contributed by atoms with Gasteiger partial charge in [-0.15, -0.1) is 0 Å². The molecule has 0 unspecified atom stereocenters. The minimum atomic E-state index is 0.687. The molecular weight excluding hydrogens is 198 g/mol. The molecule has 0 aromatic heterocycles. The van der Waals surface area contributed by atoms with E-state index >= 15 is 0 Å². The van der Waals surface area contributed by atoms with Crippen LogP contribution in [0.3, 0.4) is 0 Å². The third-order valence-electron chi connectivity index (χ3n) is 3.05. The average molecular weight is 225 g/mol. The lowest BCUT2D eigenvalue weighted by atomic mass is 10.3. The summed E-state index contributed by atoms with van der Waals surface area (Å²) >= 11 is 0. The summed E-state index contributed by atoms with van der Waals surface area (Å²) in [7, 11) is 0. The summed E-state index contributed by atoms with van der Waals surface area (Å²) in [4.78, 5) is 4.91. The zero-order valence-corrected chi connectivity index (χ0v) is 11.2. The zero-order chi connectivity index (χ0) is 12.2. The van der Waals surface area contributed by atoms with Crippen molar-refractivity contribution in [3.05, 3.63) is 0 Å². The highest BCUT2D eigenvalue weighted by molar-refractivity contribution is 4.70. The van der Waals surface area contributed by atoms with Gasteiger partial charge in [-0.3, -0.25) is 0 Å². The molecule has 0 radical (unpaired) electrons. The van der Waals surface area contributed by atoms with Crippen LogP contribution < -0.4 is 0 Å². The number of nitriles is 1. The Balaban J connectivity index is 3.58. The van der Waals surface area contributed by atoms with Crippen molar-refractivity contribution in [2.45, 2.75) is 40.0 Å². The summed E-state index contributed by atoms with van der Waals surface area (Å²) in [6.45, 7) is 13.5. The number of rotatable bonds is 10. The van der Waals surface area contributed by atoms with Crippen LogP contribution in [0.5, 0.6) is 0 Å². The number of hydrogen-bond donors (Lipinski definition) is 0. The fraction of sp³-hybridized carbons (Fsp3) is 0.923. The Morgan fingerprint density at radius 2 is 1.31 bits per heavy atom. The second-order valence-corrected chi connectivity index (χ2v) is 4.08. The summed E-state index contributed by atoms with van der Waals surface area (Å²) in [6, 6.07) is 2.20. The molecule has 3 nitrogen and oxygen atoms in total. The van der Waals surface area contributed by atoms with Gasteiger partial charge in [-0.25, -0.2) is 0 Å². The van der Waals surface area contributed by atoms with Crippen LogP contribution in [0.2, 0.25) is 0 Å². The van der Waals surface area contributed by atoms with E-state index in [1.807, 2.05) is 0 Å². The molecular formula is C13H27N3. The standard InChI is InChI=1S/C13H27N3/c1-4-15(5-2)12-9-13-16(6-3)11-8-7-10-14/h4-9,11-13H2,1-3H3. The lowest BCUT2D eigenvalue weighted by molar-refractivity contribution is 0.242. The van der Waals surface area contributed by atoms with Crippen molar-refractivity contribution >= 4 is 0 Å². The first-order valence-corrected chi connectivity index (χ1v) is 6.60. The summed E-state index contributed by atoms with van der Waals surface area (Å²) in [5, 5.41) is 8.49. The van der Waals surface area contributed by atoms with Gasteiger partial charge in [-0.1, -0.05) is 20.8 Å². The van der Waals surface area contributed by atoms with Crippen molar-refractivity contribution < 1.29 is 0 Å². The molecule has 0 amide bonds. The third-order valence-corrected chi connectivity index (χ3v) is 3.05. The molecule has 0 saturated carbocycles. The lowest BCUT2D eigenvalue weighted by Crippen LogP contribution is -2.30. The molecule has 0 aliphatic rings. The summed E-state index contributed by atoms with van der Waals surface area (Å²) in [6.07, 6.45) is 2.93. The molecule has 0 fully saturated rings. The minimum Gasteiger partial charge on any atom is -0.304 e. The predicted octanol–water partition coefficient (Wildman–Crippen LogP) is 2.34. The highest BCUT2D eigenvalue weighted by atomic mass is 15.1. The zero-order valence-electron chi connectivity index (χ0n) is 11.2. The Labute approximate surface area is 101 Å². The van der Waals surface area contributed by atoms with E-state index in [1.54, 1.807) is 0 Å². The van der Waals surface area contributed by atoms with Crippen molar-refractivity contribution in [1.82, 2.24) is 9.80 Å². The largest absolute Gasteiger partial charge is 0.304 e. The van der Waals surface area contributed by atoms with Gasteiger partial charge in [0.2, 0.25) is 0 Å². The van der Waals surface area contributed by atoms with Crippen molar-refractivity contribution in [1.29, 1.82) is 5.26 Å². The Hall–Kier alpha value is -0.590. The molecule has 16 heavy (non-hydrogen) atoms. The van der Waals surface area contributed by atoms with Gasteiger partial charge in [0.1, 0.15) is 0 Å². The second kappa shape index (κ2) is 10.9. The van der Waals surface area contributed by atoms with Crippen LogP contribution in [0.4, 0.5) is 0 Å². The summed E-state index contributed by atoms with van der Waals surface area (Å²) < 4.78 is 0. The van der Waals surface area contributed by atoms with E-state index in [4.69, 9.17) is 5.26 Å². The fourth-order valence-corrected chi connectivity index (χ4v) is 1.87. The van der Waals surface area contributed by atoms with E-state index in [-0.39, 0.29) is 0 Å². The minimum absolute atomic E-state index is 0.687. The Morgan fingerprint density at radius 1 is 0.812 bits per heavy atom. The highest BCUT2D eigenvalue weighted by Gasteiger charge is 2.03. The van der Waals surface area contributed by atoms with Crippen molar-refractivity contribution in [2.75, 3.05) is 39.3 Å². The Morgan fingerprint density at radius 3 is 1.81 bits per heavy atom. The normalized spacial score (nSPS) is 11.0. The summed E-state index contributed by atoms with van der Waals surface area (Å²) in [5.74, 6) is 0. The predicted molar refractivity (Wildman–Crippen MR) is 69.4 cm³/mol. The quantitative estimate of drug-likeness (QED) is 0.535. The van der Waals surface area contributed by atoms with Gasteiger partial charge in [-0.05, 0) is 52.1 Å². The number of nitrogens with zero attached hydrogens (tertiary/aromatic N) is 3. The molecule has 3 heteroatoms. The van der Waals surface area contributed by atoms with Gasteiger partial charge in [0.05, 0.1) is 6.07 Å². The smallest absolute Gasteiger partial charge is 0.0622 e. The van der Waals surface area contributed by atoms with E-state index in [0.29, 0.717) is 6.42 Å². The van der Waals surface area contributed by atoms with Crippen LogP contribution in [-0.4, -0.2) is 49.1 Å². The fourth-order valence-electron chi connectivity index (χ4n) is 1.87. The molecule has 0 atom stereocenters. The molecule has 0 rings (SSSR count).